The van der Waals surface area contributed by atoms with E-state index in [2.05, 4.69) is 29.1 Å². The molecule has 2 amide bonds. The van der Waals surface area contributed by atoms with Crippen molar-refractivity contribution in [2.24, 2.45) is 0 Å². The maximum atomic E-state index is 12.4. The summed E-state index contributed by atoms with van der Waals surface area (Å²) in [6.45, 7) is 6.08. The molecule has 122 valence electrons. The lowest BCUT2D eigenvalue weighted by molar-refractivity contribution is -0.142. The maximum absolute atomic E-state index is 12.4. The number of carbonyl (C=O) groups excluding carboxylic acids is 2. The highest BCUT2D eigenvalue weighted by Gasteiger charge is 2.29. The van der Waals surface area contributed by atoms with E-state index in [1.807, 2.05) is 11.0 Å². The molecule has 0 unspecified atom stereocenters. The molecule has 2 heterocycles. The minimum atomic E-state index is -0.277. The summed E-state index contributed by atoms with van der Waals surface area (Å²) in [5.74, 6) is -0.277. The first-order valence-electron chi connectivity index (χ1n) is 8.02. The van der Waals surface area contributed by atoms with Crippen LogP contribution in [0.15, 0.2) is 18.3 Å². The average molecular weight is 307 g/mol. The number of ether oxygens (including phenoxy) is 1. The van der Waals surface area contributed by atoms with Crippen LogP contribution >= 0.6 is 0 Å². The van der Waals surface area contributed by atoms with Gasteiger partial charge in [0.25, 0.3) is 0 Å². The number of urea groups is 1. The highest BCUT2D eigenvalue weighted by molar-refractivity contribution is 5.76. The van der Waals surface area contributed by atoms with E-state index in [9.17, 15) is 9.59 Å². The number of fused-ring (bicyclic) bond motifs is 1. The Morgan fingerprint density at radius 1 is 1.36 bits per heavy atom. The van der Waals surface area contributed by atoms with Gasteiger partial charge < -0.3 is 19.5 Å². The Kier molecular flexibility index (Phi) is 5.86. The number of rotatable bonds is 6. The summed E-state index contributed by atoms with van der Waals surface area (Å²) in [5.41, 5.74) is 1.19. The fraction of sp³-hybridized carbons (Fsp3) is 0.625. The van der Waals surface area contributed by atoms with E-state index in [0.29, 0.717) is 19.7 Å². The molecule has 0 bridgehead atoms. The smallest absolute Gasteiger partial charge is 0.318 e. The van der Waals surface area contributed by atoms with Crippen molar-refractivity contribution in [3.8, 4) is 0 Å². The van der Waals surface area contributed by atoms with Crippen LogP contribution in [0.1, 0.15) is 44.8 Å². The number of esters is 1. The van der Waals surface area contributed by atoms with Gasteiger partial charge in [-0.2, -0.15) is 0 Å². The van der Waals surface area contributed by atoms with Crippen LogP contribution in [0.4, 0.5) is 4.79 Å². The molecule has 6 nitrogen and oxygen atoms in total. The van der Waals surface area contributed by atoms with Gasteiger partial charge in [-0.05, 0) is 25.5 Å². The summed E-state index contributed by atoms with van der Waals surface area (Å²) >= 11 is 0. The number of carbonyl (C=O) groups is 2. The Labute approximate surface area is 131 Å². The van der Waals surface area contributed by atoms with Gasteiger partial charge in [-0.3, -0.25) is 4.79 Å². The lowest BCUT2D eigenvalue weighted by Crippen LogP contribution is -2.47. The number of hydrogen-bond donors (Lipinski definition) is 1. The van der Waals surface area contributed by atoms with Gasteiger partial charge in [0.2, 0.25) is 0 Å². The molecule has 0 radical (unpaired) electrons. The zero-order valence-corrected chi connectivity index (χ0v) is 13.4. The second-order valence-electron chi connectivity index (χ2n) is 5.41. The lowest BCUT2D eigenvalue weighted by Gasteiger charge is -2.37. The second kappa shape index (κ2) is 7.87. The van der Waals surface area contributed by atoms with Gasteiger partial charge >= 0.3 is 12.0 Å². The van der Waals surface area contributed by atoms with Crippen molar-refractivity contribution in [3.63, 3.8) is 0 Å². The molecule has 1 N–H and O–H groups in total. The standard InChI is InChI=1S/C16H25N3O3/c1-3-6-14-13-7-5-10-18(13)11-12-19(14)16(21)17-9-8-15(20)22-4-2/h5,7,10,14H,3-4,6,8-9,11-12H2,1-2H3,(H,17,21)/t14-/m0/s1. The van der Waals surface area contributed by atoms with E-state index in [4.69, 9.17) is 4.74 Å². The summed E-state index contributed by atoms with van der Waals surface area (Å²) in [6.07, 6.45) is 4.23. The molecule has 0 fully saturated rings. The molecule has 22 heavy (non-hydrogen) atoms. The van der Waals surface area contributed by atoms with Crippen LogP contribution in [0.25, 0.3) is 0 Å². The first kappa shape index (κ1) is 16.4. The van der Waals surface area contributed by atoms with Crippen LogP contribution < -0.4 is 5.32 Å². The summed E-state index contributed by atoms with van der Waals surface area (Å²) < 4.78 is 7.07. The van der Waals surface area contributed by atoms with Crippen LogP contribution in [-0.4, -0.2) is 41.2 Å². The van der Waals surface area contributed by atoms with Gasteiger partial charge in [0.05, 0.1) is 19.1 Å². The molecule has 1 aliphatic rings. The van der Waals surface area contributed by atoms with E-state index in [1.165, 1.54) is 5.69 Å². The first-order valence-corrected chi connectivity index (χ1v) is 8.02. The van der Waals surface area contributed by atoms with Crippen molar-refractivity contribution in [1.29, 1.82) is 0 Å². The predicted molar refractivity (Wildman–Crippen MR) is 83.4 cm³/mol. The summed E-state index contributed by atoms with van der Waals surface area (Å²) in [7, 11) is 0. The van der Waals surface area contributed by atoms with Gasteiger partial charge in [-0.25, -0.2) is 4.79 Å². The van der Waals surface area contributed by atoms with E-state index >= 15 is 0 Å². The quantitative estimate of drug-likeness (QED) is 0.820. The molecule has 1 atom stereocenters. The monoisotopic (exact) mass is 307 g/mol. The molecular weight excluding hydrogens is 282 g/mol. The van der Waals surface area contributed by atoms with Crippen LogP contribution in [-0.2, 0) is 16.1 Å². The van der Waals surface area contributed by atoms with Crippen molar-refractivity contribution in [2.45, 2.75) is 45.7 Å². The van der Waals surface area contributed by atoms with Crippen LogP contribution in [0.2, 0.25) is 0 Å². The number of nitrogens with zero attached hydrogens (tertiary/aromatic N) is 2. The summed E-state index contributed by atoms with van der Waals surface area (Å²) in [6, 6.07) is 4.12. The molecule has 1 aliphatic heterocycles. The molecule has 6 heteroatoms. The third-order valence-corrected chi connectivity index (χ3v) is 3.90. The highest BCUT2D eigenvalue weighted by Crippen LogP contribution is 2.29. The Hall–Kier alpha value is -1.98. The normalized spacial score (nSPS) is 17.0. The van der Waals surface area contributed by atoms with Gasteiger partial charge in [0.1, 0.15) is 0 Å². The zero-order chi connectivity index (χ0) is 15.9. The van der Waals surface area contributed by atoms with E-state index in [0.717, 1.165) is 19.4 Å². The minimum Gasteiger partial charge on any atom is -0.466 e. The van der Waals surface area contributed by atoms with Crippen molar-refractivity contribution in [1.82, 2.24) is 14.8 Å². The van der Waals surface area contributed by atoms with Crippen molar-refractivity contribution in [3.05, 3.63) is 24.0 Å². The minimum absolute atomic E-state index is 0.102. The number of amides is 2. The third kappa shape index (κ3) is 3.81. The first-order chi connectivity index (χ1) is 10.7. The number of nitrogens with one attached hydrogen (secondary N) is 1. The van der Waals surface area contributed by atoms with Crippen molar-refractivity contribution >= 4 is 12.0 Å². The maximum Gasteiger partial charge on any atom is 0.318 e. The molecule has 0 aliphatic carbocycles. The predicted octanol–water partition coefficient (Wildman–Crippen LogP) is 2.31. The van der Waals surface area contributed by atoms with E-state index in [-0.39, 0.29) is 24.5 Å². The van der Waals surface area contributed by atoms with E-state index in [1.54, 1.807) is 6.92 Å². The number of hydrogen-bond acceptors (Lipinski definition) is 3. The Morgan fingerprint density at radius 3 is 2.91 bits per heavy atom. The topological polar surface area (TPSA) is 63.6 Å². The van der Waals surface area contributed by atoms with E-state index < -0.39 is 0 Å². The Bertz CT molecular complexity index is 512. The van der Waals surface area contributed by atoms with Crippen molar-refractivity contribution in [2.75, 3.05) is 19.7 Å². The molecule has 0 spiro atoms. The lowest BCUT2D eigenvalue weighted by atomic mass is 10.0. The van der Waals surface area contributed by atoms with Gasteiger partial charge in [0.15, 0.2) is 0 Å². The second-order valence-corrected chi connectivity index (χ2v) is 5.41. The van der Waals surface area contributed by atoms with Crippen LogP contribution in [0, 0.1) is 0 Å². The summed E-state index contributed by atoms with van der Waals surface area (Å²) in [5, 5.41) is 2.83. The Balaban J connectivity index is 1.92. The molecule has 1 aromatic heterocycles. The molecule has 0 saturated carbocycles. The summed E-state index contributed by atoms with van der Waals surface area (Å²) in [4.78, 5) is 25.6. The average Bonchev–Trinajstić information content (AvgIpc) is 2.96. The van der Waals surface area contributed by atoms with Crippen molar-refractivity contribution < 1.29 is 14.3 Å². The molecule has 0 aromatic carbocycles. The fourth-order valence-corrected chi connectivity index (χ4v) is 2.89. The van der Waals surface area contributed by atoms with Gasteiger partial charge in [-0.15, -0.1) is 0 Å². The fourth-order valence-electron chi connectivity index (χ4n) is 2.89. The molecular formula is C16H25N3O3. The Morgan fingerprint density at radius 2 is 2.18 bits per heavy atom. The van der Waals surface area contributed by atoms with Crippen LogP contribution in [0.5, 0.6) is 0 Å². The number of aromatic nitrogens is 1. The largest absolute Gasteiger partial charge is 0.466 e. The highest BCUT2D eigenvalue weighted by atomic mass is 16.5. The zero-order valence-electron chi connectivity index (χ0n) is 13.4. The van der Waals surface area contributed by atoms with Gasteiger partial charge in [0, 0.05) is 31.5 Å². The third-order valence-electron chi connectivity index (χ3n) is 3.90. The molecule has 2 rings (SSSR count). The molecule has 1 aromatic rings. The van der Waals surface area contributed by atoms with Crippen LogP contribution in [0.3, 0.4) is 0 Å². The SMILES string of the molecule is CCC[C@H]1c2cccn2CCN1C(=O)NCCC(=O)OCC. The molecule has 0 saturated heterocycles. The van der Waals surface area contributed by atoms with Gasteiger partial charge in [-0.1, -0.05) is 13.3 Å².